The van der Waals surface area contributed by atoms with E-state index in [0.717, 1.165) is 12.8 Å². The molecule has 1 aliphatic rings. The molecule has 0 radical (unpaired) electrons. The molecule has 86 valence electrons. The molecule has 4 heteroatoms. The van der Waals surface area contributed by atoms with Gasteiger partial charge in [-0.05, 0) is 25.0 Å². The van der Waals surface area contributed by atoms with Crippen LogP contribution in [-0.2, 0) is 4.79 Å². The number of carbonyl (C=O) groups is 1. The first kappa shape index (κ1) is 11.7. The van der Waals surface area contributed by atoms with E-state index in [9.17, 15) is 4.79 Å². The maximum absolute atomic E-state index is 11.3. The van der Waals surface area contributed by atoms with E-state index in [-0.39, 0.29) is 11.9 Å². The highest BCUT2D eigenvalue weighted by molar-refractivity contribution is 6.34. The molecule has 1 aliphatic carbocycles. The molecule has 0 bridgehead atoms. The zero-order valence-corrected chi connectivity index (χ0v) is 10.2. The van der Waals surface area contributed by atoms with E-state index in [0.29, 0.717) is 28.6 Å². The van der Waals surface area contributed by atoms with Crippen LogP contribution >= 0.6 is 23.2 Å². The number of halogens is 2. The Bertz CT molecular complexity index is 404. The predicted molar refractivity (Wildman–Crippen MR) is 64.4 cm³/mol. The van der Waals surface area contributed by atoms with Crippen molar-refractivity contribution in [3.63, 3.8) is 0 Å². The van der Waals surface area contributed by atoms with E-state index < -0.39 is 0 Å². The minimum absolute atomic E-state index is 0.0581. The minimum atomic E-state index is -0.0581. The molecule has 2 rings (SSSR count). The molecule has 0 spiro atoms. The van der Waals surface area contributed by atoms with Crippen LogP contribution in [0, 0.1) is 0 Å². The van der Waals surface area contributed by atoms with E-state index in [4.69, 9.17) is 27.9 Å². The Hall–Kier alpha value is -0.730. The fourth-order valence-electron chi connectivity index (χ4n) is 1.83. The van der Waals surface area contributed by atoms with E-state index >= 15 is 0 Å². The van der Waals surface area contributed by atoms with E-state index in [1.807, 2.05) is 0 Å². The molecular weight excluding hydrogens is 247 g/mol. The van der Waals surface area contributed by atoms with Gasteiger partial charge in [0.15, 0.2) is 0 Å². The number of hydrogen-bond donors (Lipinski definition) is 0. The first-order chi connectivity index (χ1) is 7.65. The molecule has 1 aromatic carbocycles. The number of carbonyl (C=O) groups excluding carboxylic acids is 1. The summed E-state index contributed by atoms with van der Waals surface area (Å²) in [6, 6.07) is 5.09. The molecule has 1 aromatic rings. The molecule has 0 heterocycles. The third-order valence-corrected chi connectivity index (χ3v) is 3.17. The first-order valence-electron chi connectivity index (χ1n) is 5.28. The van der Waals surface area contributed by atoms with Crippen LogP contribution in [0.4, 0.5) is 0 Å². The van der Waals surface area contributed by atoms with Crippen molar-refractivity contribution in [1.29, 1.82) is 0 Å². The molecule has 0 N–H and O–H groups in total. The van der Waals surface area contributed by atoms with Crippen molar-refractivity contribution in [2.45, 2.75) is 31.8 Å². The maximum atomic E-state index is 11.3. The highest BCUT2D eigenvalue weighted by Gasteiger charge is 2.21. The highest BCUT2D eigenvalue weighted by Crippen LogP contribution is 2.30. The van der Waals surface area contributed by atoms with Crippen LogP contribution in [0.1, 0.15) is 25.7 Å². The summed E-state index contributed by atoms with van der Waals surface area (Å²) >= 11 is 11.8. The summed E-state index contributed by atoms with van der Waals surface area (Å²) in [6.07, 6.45) is 2.87. The Morgan fingerprint density at radius 1 is 1.31 bits per heavy atom. The van der Waals surface area contributed by atoms with Crippen molar-refractivity contribution < 1.29 is 9.53 Å². The monoisotopic (exact) mass is 258 g/mol. The second-order valence-electron chi connectivity index (χ2n) is 3.95. The van der Waals surface area contributed by atoms with Gasteiger partial charge in [-0.15, -0.1) is 0 Å². The van der Waals surface area contributed by atoms with Crippen molar-refractivity contribution in [2.24, 2.45) is 0 Å². The molecule has 1 fully saturated rings. The molecule has 16 heavy (non-hydrogen) atoms. The summed E-state index contributed by atoms with van der Waals surface area (Å²) in [6.45, 7) is 0. The van der Waals surface area contributed by atoms with Gasteiger partial charge in [0.05, 0.1) is 5.02 Å². The van der Waals surface area contributed by atoms with Gasteiger partial charge in [-0.2, -0.15) is 0 Å². The number of rotatable bonds is 2. The van der Waals surface area contributed by atoms with Gasteiger partial charge in [0.25, 0.3) is 0 Å². The van der Waals surface area contributed by atoms with Gasteiger partial charge in [-0.3, -0.25) is 4.79 Å². The predicted octanol–water partition coefficient (Wildman–Crippen LogP) is 3.88. The standard InChI is InChI=1S/C12H12Cl2O2/c13-8-4-5-11(14)12(6-8)16-10-3-1-2-9(15)7-10/h4-6,10H,1-3,7H2. The third-order valence-electron chi connectivity index (χ3n) is 2.62. The second-order valence-corrected chi connectivity index (χ2v) is 4.79. The van der Waals surface area contributed by atoms with Crippen molar-refractivity contribution in [2.75, 3.05) is 0 Å². The molecule has 0 amide bonds. The number of ether oxygens (including phenoxy) is 1. The molecule has 1 atom stereocenters. The normalized spacial score (nSPS) is 20.9. The van der Waals surface area contributed by atoms with Crippen LogP contribution in [0.25, 0.3) is 0 Å². The quantitative estimate of drug-likeness (QED) is 0.805. The zero-order valence-electron chi connectivity index (χ0n) is 8.71. The first-order valence-corrected chi connectivity index (χ1v) is 6.04. The summed E-state index contributed by atoms with van der Waals surface area (Å²) in [7, 11) is 0. The van der Waals surface area contributed by atoms with Crippen LogP contribution < -0.4 is 4.74 Å². The number of benzene rings is 1. The summed E-state index contributed by atoms with van der Waals surface area (Å²) in [4.78, 5) is 11.3. The topological polar surface area (TPSA) is 26.3 Å². The third kappa shape index (κ3) is 2.89. The van der Waals surface area contributed by atoms with Gasteiger partial charge in [0, 0.05) is 23.9 Å². The Labute approximate surface area is 104 Å². The van der Waals surface area contributed by atoms with Gasteiger partial charge in [0.1, 0.15) is 17.6 Å². The Kier molecular flexibility index (Phi) is 3.72. The zero-order chi connectivity index (χ0) is 11.5. The average molecular weight is 259 g/mol. The second kappa shape index (κ2) is 5.07. The minimum Gasteiger partial charge on any atom is -0.488 e. The lowest BCUT2D eigenvalue weighted by Gasteiger charge is -2.22. The van der Waals surface area contributed by atoms with Gasteiger partial charge < -0.3 is 4.74 Å². The Morgan fingerprint density at radius 3 is 2.88 bits per heavy atom. The molecule has 1 unspecified atom stereocenters. The maximum Gasteiger partial charge on any atom is 0.139 e. The molecule has 1 saturated carbocycles. The number of hydrogen-bond acceptors (Lipinski definition) is 2. The van der Waals surface area contributed by atoms with Crippen LogP contribution in [0.3, 0.4) is 0 Å². The molecule has 0 aromatic heterocycles. The van der Waals surface area contributed by atoms with Crippen molar-refractivity contribution >= 4 is 29.0 Å². The highest BCUT2D eigenvalue weighted by atomic mass is 35.5. The SMILES string of the molecule is O=C1CCCC(Oc2cc(Cl)ccc2Cl)C1. The van der Waals surface area contributed by atoms with Crippen LogP contribution in [-0.4, -0.2) is 11.9 Å². The summed E-state index contributed by atoms with van der Waals surface area (Å²) < 4.78 is 5.70. The van der Waals surface area contributed by atoms with E-state index in [2.05, 4.69) is 0 Å². The molecule has 0 aliphatic heterocycles. The number of ketones is 1. The van der Waals surface area contributed by atoms with Crippen LogP contribution in [0.5, 0.6) is 5.75 Å². The van der Waals surface area contributed by atoms with Crippen molar-refractivity contribution in [3.8, 4) is 5.75 Å². The summed E-state index contributed by atoms with van der Waals surface area (Å²) in [5.41, 5.74) is 0. The lowest BCUT2D eigenvalue weighted by molar-refractivity contribution is -0.122. The van der Waals surface area contributed by atoms with E-state index in [1.165, 1.54) is 0 Å². The lowest BCUT2D eigenvalue weighted by atomic mass is 9.96. The molecular formula is C12H12Cl2O2. The van der Waals surface area contributed by atoms with Crippen LogP contribution in [0.15, 0.2) is 18.2 Å². The van der Waals surface area contributed by atoms with Gasteiger partial charge >= 0.3 is 0 Å². The van der Waals surface area contributed by atoms with Gasteiger partial charge in [-0.25, -0.2) is 0 Å². The Morgan fingerprint density at radius 2 is 2.12 bits per heavy atom. The van der Waals surface area contributed by atoms with Crippen LogP contribution in [0.2, 0.25) is 10.0 Å². The lowest BCUT2D eigenvalue weighted by Crippen LogP contribution is -2.25. The van der Waals surface area contributed by atoms with Crippen molar-refractivity contribution in [3.05, 3.63) is 28.2 Å². The molecule has 2 nitrogen and oxygen atoms in total. The molecule has 0 saturated heterocycles. The van der Waals surface area contributed by atoms with Gasteiger partial charge in [0.2, 0.25) is 0 Å². The smallest absolute Gasteiger partial charge is 0.139 e. The van der Waals surface area contributed by atoms with Crippen molar-refractivity contribution in [1.82, 2.24) is 0 Å². The Balaban J connectivity index is 2.08. The average Bonchev–Trinajstić information content (AvgIpc) is 2.24. The summed E-state index contributed by atoms with van der Waals surface area (Å²) in [5, 5.41) is 1.11. The number of Topliss-reactive ketones (excluding diaryl/α,β-unsaturated/α-hetero) is 1. The largest absolute Gasteiger partial charge is 0.488 e. The summed E-state index contributed by atoms with van der Waals surface area (Å²) in [5.74, 6) is 0.822. The van der Waals surface area contributed by atoms with E-state index in [1.54, 1.807) is 18.2 Å². The fourth-order valence-corrected chi connectivity index (χ4v) is 2.16. The fraction of sp³-hybridized carbons (Fsp3) is 0.417. The van der Waals surface area contributed by atoms with Gasteiger partial charge in [-0.1, -0.05) is 23.2 Å².